The second kappa shape index (κ2) is 6.22. The summed E-state index contributed by atoms with van der Waals surface area (Å²) in [7, 11) is -3.31. The molecule has 2 rings (SSSR count). The standard InChI is InChI=1S/C14H12Cl2FNO2S/c1-21(19,20)10-3-4-11(15)14(7-10)18-8-9-2-5-13(17)12(16)6-9/h2-7,18H,8H2,1H3. The van der Waals surface area contributed by atoms with E-state index in [0.29, 0.717) is 17.3 Å². The zero-order chi connectivity index (χ0) is 15.6. The molecular weight excluding hydrogens is 336 g/mol. The first-order valence-corrected chi connectivity index (χ1v) is 8.59. The minimum absolute atomic E-state index is 0.0327. The number of benzene rings is 2. The van der Waals surface area contributed by atoms with E-state index in [2.05, 4.69) is 5.32 Å². The third-order valence-electron chi connectivity index (χ3n) is 2.83. The Kier molecular flexibility index (Phi) is 4.76. The summed E-state index contributed by atoms with van der Waals surface area (Å²) in [6.45, 7) is 0.340. The number of sulfone groups is 1. The normalized spacial score (nSPS) is 11.4. The maximum Gasteiger partial charge on any atom is 0.175 e. The molecule has 2 aromatic carbocycles. The number of anilines is 1. The second-order valence-corrected chi connectivity index (χ2v) is 7.35. The van der Waals surface area contributed by atoms with Crippen LogP contribution >= 0.6 is 23.2 Å². The fourth-order valence-corrected chi connectivity index (χ4v) is 2.75. The van der Waals surface area contributed by atoms with Crippen molar-refractivity contribution in [3.05, 3.63) is 57.8 Å². The topological polar surface area (TPSA) is 46.2 Å². The van der Waals surface area contributed by atoms with Gasteiger partial charge in [-0.05, 0) is 35.9 Å². The van der Waals surface area contributed by atoms with E-state index in [1.54, 1.807) is 6.07 Å². The van der Waals surface area contributed by atoms with Crippen molar-refractivity contribution in [2.24, 2.45) is 0 Å². The van der Waals surface area contributed by atoms with E-state index in [0.717, 1.165) is 11.8 Å². The van der Waals surface area contributed by atoms with Crippen molar-refractivity contribution in [3.8, 4) is 0 Å². The minimum atomic E-state index is -3.31. The van der Waals surface area contributed by atoms with Gasteiger partial charge in [0.2, 0.25) is 0 Å². The summed E-state index contributed by atoms with van der Waals surface area (Å²) in [6, 6.07) is 8.77. The molecule has 1 N–H and O–H groups in total. The number of nitrogens with one attached hydrogen (secondary N) is 1. The summed E-state index contributed by atoms with van der Waals surface area (Å²) in [4.78, 5) is 0.173. The lowest BCUT2D eigenvalue weighted by atomic mass is 10.2. The molecule has 3 nitrogen and oxygen atoms in total. The second-order valence-electron chi connectivity index (χ2n) is 4.52. The predicted octanol–water partition coefficient (Wildman–Crippen LogP) is 4.15. The van der Waals surface area contributed by atoms with Crippen LogP contribution in [0.1, 0.15) is 5.56 Å². The van der Waals surface area contributed by atoms with Crippen LogP contribution in [-0.2, 0) is 16.4 Å². The van der Waals surface area contributed by atoms with Gasteiger partial charge in [0.15, 0.2) is 9.84 Å². The Balaban J connectivity index is 2.21. The van der Waals surface area contributed by atoms with Crippen molar-refractivity contribution in [1.82, 2.24) is 0 Å². The summed E-state index contributed by atoms with van der Waals surface area (Å²) >= 11 is 11.7. The maximum atomic E-state index is 13.1. The molecule has 112 valence electrons. The van der Waals surface area contributed by atoms with E-state index in [1.807, 2.05) is 0 Å². The molecule has 0 aromatic heterocycles. The first-order chi connectivity index (χ1) is 9.77. The van der Waals surface area contributed by atoms with Gasteiger partial charge in [-0.25, -0.2) is 12.8 Å². The molecule has 2 aromatic rings. The average Bonchev–Trinajstić information content (AvgIpc) is 2.40. The van der Waals surface area contributed by atoms with Gasteiger partial charge in [0.25, 0.3) is 0 Å². The van der Waals surface area contributed by atoms with E-state index in [9.17, 15) is 12.8 Å². The zero-order valence-corrected chi connectivity index (χ0v) is 13.4. The Morgan fingerprint density at radius 1 is 1.10 bits per heavy atom. The molecule has 0 atom stereocenters. The van der Waals surface area contributed by atoms with E-state index in [4.69, 9.17) is 23.2 Å². The lowest BCUT2D eigenvalue weighted by Crippen LogP contribution is -2.03. The van der Waals surface area contributed by atoms with E-state index in [-0.39, 0.29) is 9.92 Å². The highest BCUT2D eigenvalue weighted by Crippen LogP contribution is 2.26. The van der Waals surface area contributed by atoms with Crippen LogP contribution in [0.15, 0.2) is 41.3 Å². The van der Waals surface area contributed by atoms with Crippen LogP contribution in [0, 0.1) is 5.82 Å². The predicted molar refractivity (Wildman–Crippen MR) is 83.3 cm³/mol. The van der Waals surface area contributed by atoms with Gasteiger partial charge in [0.05, 0.1) is 20.6 Å². The van der Waals surface area contributed by atoms with Crippen molar-refractivity contribution >= 4 is 38.7 Å². The highest BCUT2D eigenvalue weighted by Gasteiger charge is 2.10. The molecule has 0 spiro atoms. The lowest BCUT2D eigenvalue weighted by molar-refractivity contribution is 0.602. The zero-order valence-electron chi connectivity index (χ0n) is 11.0. The Labute approximate surface area is 132 Å². The summed E-state index contributed by atoms with van der Waals surface area (Å²) in [5.74, 6) is -0.488. The summed E-state index contributed by atoms with van der Waals surface area (Å²) in [5.41, 5.74) is 1.24. The molecular formula is C14H12Cl2FNO2S. The van der Waals surface area contributed by atoms with Crippen LogP contribution in [0.4, 0.5) is 10.1 Å². The SMILES string of the molecule is CS(=O)(=O)c1ccc(Cl)c(NCc2ccc(F)c(Cl)c2)c1. The fourth-order valence-electron chi connectivity index (χ4n) is 1.72. The van der Waals surface area contributed by atoms with E-state index < -0.39 is 15.7 Å². The van der Waals surface area contributed by atoms with Crippen molar-refractivity contribution in [2.75, 3.05) is 11.6 Å². The molecule has 7 heteroatoms. The van der Waals surface area contributed by atoms with Gasteiger partial charge in [-0.3, -0.25) is 0 Å². The molecule has 0 fully saturated rings. The van der Waals surface area contributed by atoms with Crippen molar-refractivity contribution < 1.29 is 12.8 Å². The third-order valence-corrected chi connectivity index (χ3v) is 4.56. The van der Waals surface area contributed by atoms with Gasteiger partial charge in [-0.2, -0.15) is 0 Å². The Hall–Kier alpha value is -1.30. The highest BCUT2D eigenvalue weighted by atomic mass is 35.5. The van der Waals surface area contributed by atoms with Gasteiger partial charge in [0.1, 0.15) is 5.82 Å². The van der Waals surface area contributed by atoms with Crippen molar-refractivity contribution in [3.63, 3.8) is 0 Å². The minimum Gasteiger partial charge on any atom is -0.380 e. The molecule has 0 radical (unpaired) electrons. The Bertz CT molecular complexity index is 779. The molecule has 21 heavy (non-hydrogen) atoms. The van der Waals surface area contributed by atoms with Crippen LogP contribution < -0.4 is 5.32 Å². The first kappa shape index (κ1) is 16.1. The molecule has 0 aliphatic carbocycles. The number of hydrogen-bond acceptors (Lipinski definition) is 3. The Morgan fingerprint density at radius 2 is 1.81 bits per heavy atom. The van der Waals surface area contributed by atoms with Gasteiger partial charge < -0.3 is 5.32 Å². The molecule has 0 aliphatic rings. The number of hydrogen-bond donors (Lipinski definition) is 1. The van der Waals surface area contributed by atoms with Crippen LogP contribution in [-0.4, -0.2) is 14.7 Å². The summed E-state index contributed by atoms with van der Waals surface area (Å²) in [6.07, 6.45) is 1.12. The number of halogens is 3. The van der Waals surface area contributed by atoms with E-state index >= 15 is 0 Å². The number of rotatable bonds is 4. The molecule has 0 bridgehead atoms. The molecule has 0 heterocycles. The largest absolute Gasteiger partial charge is 0.380 e. The van der Waals surface area contributed by atoms with Gasteiger partial charge >= 0.3 is 0 Å². The average molecular weight is 348 g/mol. The molecule has 0 amide bonds. The van der Waals surface area contributed by atoms with E-state index in [1.165, 1.54) is 30.3 Å². The Morgan fingerprint density at radius 3 is 2.43 bits per heavy atom. The molecule has 0 saturated carbocycles. The van der Waals surface area contributed by atoms with Gasteiger partial charge in [0, 0.05) is 12.8 Å². The van der Waals surface area contributed by atoms with Crippen LogP contribution in [0.3, 0.4) is 0 Å². The molecule has 0 aliphatic heterocycles. The van der Waals surface area contributed by atoms with Crippen LogP contribution in [0.5, 0.6) is 0 Å². The lowest BCUT2D eigenvalue weighted by Gasteiger charge is -2.10. The monoisotopic (exact) mass is 347 g/mol. The highest BCUT2D eigenvalue weighted by molar-refractivity contribution is 7.90. The van der Waals surface area contributed by atoms with Crippen molar-refractivity contribution in [1.29, 1.82) is 0 Å². The summed E-state index contributed by atoms with van der Waals surface area (Å²) in [5, 5.41) is 3.44. The first-order valence-electron chi connectivity index (χ1n) is 5.95. The van der Waals surface area contributed by atoms with Gasteiger partial charge in [-0.1, -0.05) is 29.3 Å². The molecule has 0 saturated heterocycles. The van der Waals surface area contributed by atoms with Gasteiger partial charge in [-0.15, -0.1) is 0 Å². The van der Waals surface area contributed by atoms with Crippen LogP contribution in [0.25, 0.3) is 0 Å². The third kappa shape index (κ3) is 4.09. The van der Waals surface area contributed by atoms with Crippen LogP contribution in [0.2, 0.25) is 10.0 Å². The van der Waals surface area contributed by atoms with Crippen molar-refractivity contribution in [2.45, 2.75) is 11.4 Å². The quantitative estimate of drug-likeness (QED) is 0.903. The smallest absolute Gasteiger partial charge is 0.175 e. The molecule has 0 unspecified atom stereocenters. The maximum absolute atomic E-state index is 13.1. The summed E-state index contributed by atoms with van der Waals surface area (Å²) < 4.78 is 36.1. The fraction of sp³-hybridized carbons (Fsp3) is 0.143.